The Morgan fingerprint density at radius 1 is 1.08 bits per heavy atom. The number of hydrogen-bond acceptors (Lipinski definition) is 2. The van der Waals surface area contributed by atoms with Crippen molar-refractivity contribution in [3.8, 4) is 0 Å². The maximum absolute atomic E-state index is 4.37. The van der Waals surface area contributed by atoms with Gasteiger partial charge < -0.3 is 0 Å². The van der Waals surface area contributed by atoms with Crippen molar-refractivity contribution in [3.63, 3.8) is 0 Å². The molecule has 0 saturated carbocycles. The van der Waals surface area contributed by atoms with Gasteiger partial charge in [-0.1, -0.05) is 39.5 Å². The summed E-state index contributed by atoms with van der Waals surface area (Å²) in [7, 11) is 0. The van der Waals surface area contributed by atoms with E-state index < -0.39 is 0 Å². The second kappa shape index (κ2) is 9.26. The van der Waals surface area contributed by atoms with E-state index in [0.29, 0.717) is 5.25 Å². The molecule has 2 unspecified atom stereocenters. The van der Waals surface area contributed by atoms with Crippen LogP contribution in [0.1, 0.15) is 52.4 Å². The van der Waals surface area contributed by atoms with Crippen molar-refractivity contribution in [3.05, 3.63) is 0 Å². The van der Waals surface area contributed by atoms with Crippen LogP contribution in [0.25, 0.3) is 0 Å². The van der Waals surface area contributed by atoms with Crippen molar-refractivity contribution in [2.75, 3.05) is 5.75 Å². The minimum atomic E-state index is 0.576. The molecule has 0 radical (unpaired) electrons. The minimum Gasteiger partial charge on any atom is -0.179 e. The third-order valence-corrected chi connectivity index (χ3v) is 3.34. The summed E-state index contributed by atoms with van der Waals surface area (Å²) in [4.78, 5) is 0. The zero-order valence-corrected chi connectivity index (χ0v) is 10.8. The molecule has 0 aromatic heterocycles. The number of thiol groups is 2. The lowest BCUT2D eigenvalue weighted by Gasteiger charge is -2.11. The summed E-state index contributed by atoms with van der Waals surface area (Å²) in [5, 5.41) is 0.576. The molecule has 0 N–H and O–H groups in total. The summed E-state index contributed by atoms with van der Waals surface area (Å²) in [5.74, 6) is 1.90. The van der Waals surface area contributed by atoms with Crippen LogP contribution in [0.5, 0.6) is 0 Å². The lowest BCUT2D eigenvalue weighted by molar-refractivity contribution is 0.482. The Labute approximate surface area is 94.7 Å². The highest BCUT2D eigenvalue weighted by Crippen LogP contribution is 2.16. The highest BCUT2D eigenvalue weighted by Gasteiger charge is 2.03. The standard InChI is InChI=1S/C11H24S2/c1-3-11(9-12)8-6-4-5-7-10(2)13/h10-13H,3-9H2,1-2H3. The molecule has 0 bridgehead atoms. The second-order valence-corrected chi connectivity index (χ2v) is 5.19. The lowest BCUT2D eigenvalue weighted by atomic mass is 10.00. The van der Waals surface area contributed by atoms with E-state index in [0.717, 1.165) is 11.7 Å². The van der Waals surface area contributed by atoms with Crippen molar-refractivity contribution in [1.29, 1.82) is 0 Å². The average molecular weight is 220 g/mol. The quantitative estimate of drug-likeness (QED) is 0.444. The lowest BCUT2D eigenvalue weighted by Crippen LogP contribution is -2.00. The van der Waals surface area contributed by atoms with Crippen molar-refractivity contribution in [1.82, 2.24) is 0 Å². The van der Waals surface area contributed by atoms with Gasteiger partial charge in [0.25, 0.3) is 0 Å². The largest absolute Gasteiger partial charge is 0.179 e. The average Bonchev–Trinajstić information content (AvgIpc) is 2.11. The summed E-state index contributed by atoms with van der Waals surface area (Å²) in [6, 6.07) is 0. The van der Waals surface area contributed by atoms with Gasteiger partial charge in [0.05, 0.1) is 0 Å². The highest BCUT2D eigenvalue weighted by molar-refractivity contribution is 7.80. The van der Waals surface area contributed by atoms with Crippen molar-refractivity contribution in [2.45, 2.75) is 57.6 Å². The van der Waals surface area contributed by atoms with Gasteiger partial charge in [0.1, 0.15) is 0 Å². The third-order valence-electron chi connectivity index (χ3n) is 2.57. The van der Waals surface area contributed by atoms with Gasteiger partial charge in [0.15, 0.2) is 0 Å². The van der Waals surface area contributed by atoms with Crippen LogP contribution in [0.3, 0.4) is 0 Å². The molecular formula is C11H24S2. The highest BCUT2D eigenvalue weighted by atomic mass is 32.1. The Kier molecular flexibility index (Phi) is 9.76. The molecule has 0 saturated heterocycles. The molecule has 0 aliphatic heterocycles. The van der Waals surface area contributed by atoms with Gasteiger partial charge in [-0.05, 0) is 29.8 Å². The molecule has 0 amide bonds. The van der Waals surface area contributed by atoms with Gasteiger partial charge in [-0.2, -0.15) is 25.3 Å². The molecule has 2 heteroatoms. The summed E-state index contributed by atoms with van der Waals surface area (Å²) in [6.07, 6.45) is 8.00. The van der Waals surface area contributed by atoms with Gasteiger partial charge in [0.2, 0.25) is 0 Å². The normalized spacial score (nSPS) is 15.7. The first kappa shape index (κ1) is 13.7. The fourth-order valence-corrected chi connectivity index (χ4v) is 2.10. The van der Waals surface area contributed by atoms with E-state index in [1.807, 2.05) is 0 Å². The van der Waals surface area contributed by atoms with Crippen LogP contribution in [0.15, 0.2) is 0 Å². The van der Waals surface area contributed by atoms with Gasteiger partial charge >= 0.3 is 0 Å². The molecule has 0 rings (SSSR count). The second-order valence-electron chi connectivity index (χ2n) is 3.94. The summed E-state index contributed by atoms with van der Waals surface area (Å²) >= 11 is 8.71. The Hall–Kier alpha value is 0.700. The Morgan fingerprint density at radius 2 is 1.69 bits per heavy atom. The molecule has 0 aliphatic carbocycles. The molecule has 0 heterocycles. The summed E-state index contributed by atoms with van der Waals surface area (Å²) in [5.41, 5.74) is 0. The molecule has 13 heavy (non-hydrogen) atoms. The summed E-state index contributed by atoms with van der Waals surface area (Å²) < 4.78 is 0. The molecule has 0 fully saturated rings. The number of unbranched alkanes of at least 4 members (excludes halogenated alkanes) is 2. The van der Waals surface area contributed by atoms with Crippen LogP contribution >= 0.6 is 25.3 Å². The molecule has 0 spiro atoms. The summed E-state index contributed by atoms with van der Waals surface area (Å²) in [6.45, 7) is 4.43. The Bertz CT molecular complexity index is 98.3. The fraction of sp³-hybridized carbons (Fsp3) is 1.00. The molecule has 0 aromatic rings. The van der Waals surface area contributed by atoms with Crippen molar-refractivity contribution in [2.24, 2.45) is 5.92 Å². The maximum Gasteiger partial charge on any atom is -0.00116 e. The molecule has 2 atom stereocenters. The smallest absolute Gasteiger partial charge is 0.00116 e. The monoisotopic (exact) mass is 220 g/mol. The predicted molar refractivity (Wildman–Crippen MR) is 69.2 cm³/mol. The van der Waals surface area contributed by atoms with E-state index in [1.54, 1.807) is 0 Å². The minimum absolute atomic E-state index is 0.576. The van der Waals surface area contributed by atoms with Crippen LogP contribution in [0, 0.1) is 5.92 Å². The first-order valence-electron chi connectivity index (χ1n) is 5.49. The van der Waals surface area contributed by atoms with Crippen LogP contribution < -0.4 is 0 Å². The van der Waals surface area contributed by atoms with Crippen LogP contribution in [-0.2, 0) is 0 Å². The molecule has 0 nitrogen and oxygen atoms in total. The zero-order chi connectivity index (χ0) is 10.1. The topological polar surface area (TPSA) is 0 Å². The Morgan fingerprint density at radius 3 is 2.15 bits per heavy atom. The van der Waals surface area contributed by atoms with E-state index in [1.165, 1.54) is 38.5 Å². The van der Waals surface area contributed by atoms with E-state index in [-0.39, 0.29) is 0 Å². The van der Waals surface area contributed by atoms with E-state index in [4.69, 9.17) is 0 Å². The molecule has 0 aliphatic rings. The van der Waals surface area contributed by atoms with Crippen molar-refractivity contribution >= 4 is 25.3 Å². The first-order chi connectivity index (χ1) is 6.20. The zero-order valence-electron chi connectivity index (χ0n) is 9.00. The SMILES string of the molecule is CCC(CS)CCCCCC(C)S. The van der Waals surface area contributed by atoms with Crippen molar-refractivity contribution < 1.29 is 0 Å². The van der Waals surface area contributed by atoms with Gasteiger partial charge in [-0.15, -0.1) is 0 Å². The van der Waals surface area contributed by atoms with Gasteiger partial charge in [-0.25, -0.2) is 0 Å². The Balaban J connectivity index is 3.14. The predicted octanol–water partition coefficient (Wildman–Crippen LogP) is 4.21. The van der Waals surface area contributed by atoms with Gasteiger partial charge in [-0.3, -0.25) is 0 Å². The van der Waals surface area contributed by atoms with E-state index in [2.05, 4.69) is 39.1 Å². The fourth-order valence-electron chi connectivity index (χ4n) is 1.47. The first-order valence-corrected chi connectivity index (χ1v) is 6.64. The third kappa shape index (κ3) is 9.01. The van der Waals surface area contributed by atoms with Crippen LogP contribution in [-0.4, -0.2) is 11.0 Å². The van der Waals surface area contributed by atoms with E-state index in [9.17, 15) is 0 Å². The number of rotatable bonds is 8. The maximum atomic E-state index is 4.37. The number of hydrogen-bond donors (Lipinski definition) is 2. The molecular weight excluding hydrogens is 196 g/mol. The molecule has 80 valence electrons. The van der Waals surface area contributed by atoms with Gasteiger partial charge in [0, 0.05) is 0 Å². The van der Waals surface area contributed by atoms with Crippen LogP contribution in [0.2, 0.25) is 0 Å². The van der Waals surface area contributed by atoms with Crippen LogP contribution in [0.4, 0.5) is 0 Å². The molecule has 0 aromatic carbocycles. The van der Waals surface area contributed by atoms with E-state index >= 15 is 0 Å².